The fourth-order valence-electron chi connectivity index (χ4n) is 5.64. The summed E-state index contributed by atoms with van der Waals surface area (Å²) in [6.07, 6.45) is -7.68. The van der Waals surface area contributed by atoms with Gasteiger partial charge in [0.1, 0.15) is 24.4 Å². The second-order valence-corrected chi connectivity index (χ2v) is 10.2. The molecule has 4 rings (SSSR count). The third-order valence-electron chi connectivity index (χ3n) is 7.84. The van der Waals surface area contributed by atoms with Gasteiger partial charge in [-0.05, 0) is 29.7 Å². The van der Waals surface area contributed by atoms with Crippen LogP contribution in [-0.4, -0.2) is 110 Å². The van der Waals surface area contributed by atoms with Crippen molar-refractivity contribution in [3.05, 3.63) is 47.7 Å². The van der Waals surface area contributed by atoms with E-state index in [9.17, 15) is 45.3 Å². The van der Waals surface area contributed by atoms with Crippen LogP contribution in [-0.2, 0) is 28.5 Å². The molecule has 1 aromatic rings. The topological polar surface area (TPSA) is 216 Å². The molecule has 3 aliphatic heterocycles. The molecule has 0 radical (unpaired) electrons. The molecule has 41 heavy (non-hydrogen) atoms. The van der Waals surface area contributed by atoms with Crippen LogP contribution >= 0.6 is 0 Å². The molecule has 0 aliphatic carbocycles. The van der Waals surface area contributed by atoms with Crippen molar-refractivity contribution < 1.29 is 64.3 Å². The van der Waals surface area contributed by atoms with Gasteiger partial charge in [0.25, 0.3) is 0 Å². The normalized spacial score (nSPS) is 35.1. The van der Waals surface area contributed by atoms with Crippen molar-refractivity contribution in [1.29, 1.82) is 0 Å². The minimum absolute atomic E-state index is 0.0129. The lowest BCUT2D eigenvalue weighted by Gasteiger charge is -2.45. The van der Waals surface area contributed by atoms with Gasteiger partial charge in [-0.3, -0.25) is 4.79 Å². The molecule has 10 atom stereocenters. The van der Waals surface area contributed by atoms with Crippen LogP contribution in [0.1, 0.15) is 36.6 Å². The predicted molar refractivity (Wildman–Crippen MR) is 136 cm³/mol. The van der Waals surface area contributed by atoms with Crippen LogP contribution in [0.25, 0.3) is 0 Å². The van der Waals surface area contributed by atoms with Crippen molar-refractivity contribution in [2.45, 2.75) is 62.5 Å². The Kier molecular flexibility index (Phi) is 9.23. The summed E-state index contributed by atoms with van der Waals surface area (Å²) >= 11 is 0. The zero-order valence-electron chi connectivity index (χ0n) is 22.4. The van der Waals surface area contributed by atoms with E-state index in [4.69, 9.17) is 18.9 Å². The number of hydrogen-bond donors (Lipinski definition) is 7. The number of phenols is 2. The molecule has 3 aliphatic rings. The number of aromatic hydroxyl groups is 2. The number of nitrogens with zero attached hydrogens (tertiary/aromatic N) is 1. The summed E-state index contributed by atoms with van der Waals surface area (Å²) in [6.45, 7) is 4.35. The third-order valence-corrected chi connectivity index (χ3v) is 7.84. The lowest BCUT2D eigenvalue weighted by molar-refractivity contribution is -0.339. The lowest BCUT2D eigenvalue weighted by atomic mass is 9.76. The molecule has 0 aromatic heterocycles. The number of amides is 1. The number of fused-ring (bicyclic) bond motifs is 1. The van der Waals surface area contributed by atoms with Crippen molar-refractivity contribution in [2.24, 2.45) is 11.8 Å². The first kappa shape index (κ1) is 30.7. The molecule has 1 fully saturated rings. The van der Waals surface area contributed by atoms with E-state index < -0.39 is 91.0 Å². The predicted octanol–water partition coefficient (Wildman–Crippen LogP) is -0.927. The zero-order chi connectivity index (χ0) is 30.2. The number of hydrogen-bond acceptors (Lipinski definition) is 13. The van der Waals surface area contributed by atoms with Crippen molar-refractivity contribution >= 4 is 11.9 Å². The molecule has 0 unspecified atom stereocenters. The van der Waals surface area contributed by atoms with Crippen molar-refractivity contribution in [3.8, 4) is 11.5 Å². The molecule has 14 nitrogen and oxygen atoms in total. The molecule has 1 saturated heterocycles. The van der Waals surface area contributed by atoms with Gasteiger partial charge < -0.3 is 59.6 Å². The van der Waals surface area contributed by atoms with Gasteiger partial charge in [0, 0.05) is 18.8 Å². The first-order valence-corrected chi connectivity index (χ1v) is 13.0. The second kappa shape index (κ2) is 12.3. The van der Waals surface area contributed by atoms with E-state index in [0.717, 1.165) is 6.26 Å². The Morgan fingerprint density at radius 2 is 1.73 bits per heavy atom. The van der Waals surface area contributed by atoms with Crippen LogP contribution < -0.4 is 0 Å². The summed E-state index contributed by atoms with van der Waals surface area (Å²) in [5.41, 5.74) is 0.701. The Morgan fingerprint density at radius 3 is 2.32 bits per heavy atom. The van der Waals surface area contributed by atoms with E-state index >= 15 is 0 Å². The van der Waals surface area contributed by atoms with Crippen LogP contribution in [0.2, 0.25) is 0 Å². The Morgan fingerprint density at radius 1 is 1.07 bits per heavy atom. The quantitative estimate of drug-likeness (QED) is 0.118. The number of rotatable bonds is 7. The maximum absolute atomic E-state index is 12.8. The number of carbonyl (C=O) groups is 2. The fraction of sp³-hybridized carbons (Fsp3) is 0.556. The van der Waals surface area contributed by atoms with Gasteiger partial charge >= 0.3 is 5.97 Å². The molecule has 226 valence electrons. The molecule has 0 spiro atoms. The van der Waals surface area contributed by atoms with Crippen LogP contribution in [0, 0.1) is 11.8 Å². The van der Waals surface area contributed by atoms with Gasteiger partial charge in [0.15, 0.2) is 17.8 Å². The van der Waals surface area contributed by atoms with Gasteiger partial charge in [0.2, 0.25) is 12.2 Å². The van der Waals surface area contributed by atoms with E-state index in [1.165, 1.54) is 37.1 Å². The van der Waals surface area contributed by atoms with Crippen LogP contribution in [0.3, 0.4) is 0 Å². The van der Waals surface area contributed by atoms with Crippen LogP contribution in [0.5, 0.6) is 11.5 Å². The summed E-state index contributed by atoms with van der Waals surface area (Å²) in [6, 6.07) is 1.67. The Balaban J connectivity index is 1.71. The van der Waals surface area contributed by atoms with E-state index in [0.29, 0.717) is 11.1 Å². The number of carbonyl (C=O) groups excluding carboxylic acids is 2. The fourth-order valence-corrected chi connectivity index (χ4v) is 5.64. The van der Waals surface area contributed by atoms with Gasteiger partial charge in [0.05, 0.1) is 44.2 Å². The number of methoxy groups -OCH3 is 1. The van der Waals surface area contributed by atoms with Crippen molar-refractivity contribution in [2.75, 3.05) is 20.3 Å². The first-order chi connectivity index (χ1) is 19.4. The van der Waals surface area contributed by atoms with Gasteiger partial charge in [-0.1, -0.05) is 6.08 Å². The summed E-state index contributed by atoms with van der Waals surface area (Å²) < 4.78 is 21.9. The van der Waals surface area contributed by atoms with Crippen molar-refractivity contribution in [3.63, 3.8) is 0 Å². The highest BCUT2D eigenvalue weighted by molar-refractivity contribution is 5.89. The molecular formula is C27H35NO13. The number of phenolic OH excluding ortho intramolecular Hbond substituents is 2. The zero-order valence-corrected chi connectivity index (χ0v) is 22.4. The highest BCUT2D eigenvalue weighted by atomic mass is 16.8. The largest absolute Gasteiger partial charge is 0.504 e. The average molecular weight is 582 g/mol. The number of aliphatic hydroxyl groups is 5. The van der Waals surface area contributed by atoms with E-state index in [1.54, 1.807) is 0 Å². The average Bonchev–Trinajstić information content (AvgIpc) is 2.95. The maximum Gasteiger partial charge on any atom is 0.337 e. The maximum atomic E-state index is 12.8. The number of benzene rings is 1. The molecular weight excluding hydrogens is 546 g/mol. The van der Waals surface area contributed by atoms with Gasteiger partial charge in [-0.25, -0.2) is 4.79 Å². The molecule has 0 saturated carbocycles. The van der Waals surface area contributed by atoms with E-state index in [2.05, 4.69) is 6.58 Å². The number of β-amino-alcohol motifs (C(OH)–C–C–N with tert-alkyl or cyclic N) is 1. The van der Waals surface area contributed by atoms with Crippen LogP contribution in [0.15, 0.2) is 36.6 Å². The lowest BCUT2D eigenvalue weighted by Crippen LogP contribution is -2.60. The molecule has 14 heteroatoms. The SMILES string of the molecule is C=C[C@@H]1[C@H](O[C@@H]2O[C@H](CO)[C@@H](O)[C@H](O)[C@H]2O)OC=C(C(=O)OC)[C@H]1C[C@@H]1c2cc(O)c(O)cc2[C@@H](O)CN1C(C)=O. The highest BCUT2D eigenvalue weighted by Gasteiger charge is 2.48. The van der Waals surface area contributed by atoms with Gasteiger partial charge in [-0.15, -0.1) is 6.58 Å². The van der Waals surface area contributed by atoms with E-state index in [1.807, 2.05) is 0 Å². The number of esters is 1. The number of ether oxygens (including phenoxy) is 4. The molecule has 1 aromatic carbocycles. The molecule has 0 bridgehead atoms. The Bertz CT molecular complexity index is 1190. The molecule has 1 amide bonds. The monoisotopic (exact) mass is 581 g/mol. The second-order valence-electron chi connectivity index (χ2n) is 10.2. The third kappa shape index (κ3) is 5.77. The minimum Gasteiger partial charge on any atom is -0.504 e. The standard InChI is InChI=1S/C27H35NO13/c1-4-12-13(5-17-14-6-18(31)19(32)7-15(14)20(33)8-28(17)11(2)30)16(25(37)38-3)10-39-26(12)41-27-24(36)23(35)22(34)21(9-29)40-27/h4,6-7,10,12-13,17,20-24,26-27,29,31-36H,1,5,8-9H2,2-3H3/t12-,13-,17+,20-,21+,22+,23-,24+,26-,27-/m0/s1. The first-order valence-electron chi connectivity index (χ1n) is 13.0. The summed E-state index contributed by atoms with van der Waals surface area (Å²) in [5.74, 6) is -3.72. The Hall–Kier alpha value is -3.24. The van der Waals surface area contributed by atoms with Crippen molar-refractivity contribution in [1.82, 2.24) is 4.90 Å². The van der Waals surface area contributed by atoms with Crippen LogP contribution in [0.4, 0.5) is 0 Å². The minimum atomic E-state index is -1.72. The van der Waals surface area contributed by atoms with Gasteiger partial charge in [-0.2, -0.15) is 0 Å². The summed E-state index contributed by atoms with van der Waals surface area (Å²) in [4.78, 5) is 26.9. The summed E-state index contributed by atoms with van der Waals surface area (Å²) in [7, 11) is 1.18. The smallest absolute Gasteiger partial charge is 0.337 e. The number of aliphatic hydroxyl groups excluding tert-OH is 5. The van der Waals surface area contributed by atoms with E-state index in [-0.39, 0.29) is 18.5 Å². The molecule has 7 N–H and O–H groups in total. The molecule has 3 heterocycles. The summed E-state index contributed by atoms with van der Waals surface area (Å²) in [5, 5.41) is 71.2. The Labute approximate surface area is 235 Å². The highest BCUT2D eigenvalue weighted by Crippen LogP contribution is 2.47.